The van der Waals surface area contributed by atoms with Gasteiger partial charge >= 0.3 is 0 Å². The lowest BCUT2D eigenvalue weighted by atomic mass is 10.0. The zero-order chi connectivity index (χ0) is 19.5. The number of hydrogen-bond donors (Lipinski definition) is 0. The van der Waals surface area contributed by atoms with Crippen LogP contribution in [-0.2, 0) is 4.79 Å². The molecule has 1 aromatic heterocycles. The predicted molar refractivity (Wildman–Crippen MR) is 110 cm³/mol. The Labute approximate surface area is 166 Å². The third-order valence-electron chi connectivity index (χ3n) is 6.22. The van der Waals surface area contributed by atoms with Crippen LogP contribution in [0, 0.1) is 11.3 Å². The summed E-state index contributed by atoms with van der Waals surface area (Å²) in [6.07, 6.45) is 7.58. The van der Waals surface area contributed by atoms with Crippen molar-refractivity contribution in [2.24, 2.45) is 0 Å². The number of nitrogens with zero attached hydrogens (tertiary/aromatic N) is 5. The summed E-state index contributed by atoms with van der Waals surface area (Å²) < 4.78 is 0. The van der Waals surface area contributed by atoms with Crippen molar-refractivity contribution in [1.29, 1.82) is 5.26 Å². The molecule has 6 heteroatoms. The molecule has 2 fully saturated rings. The quantitative estimate of drug-likeness (QED) is 0.820. The van der Waals surface area contributed by atoms with E-state index in [0.29, 0.717) is 12.6 Å². The Balaban J connectivity index is 1.36. The number of amides is 1. The van der Waals surface area contributed by atoms with E-state index in [1.807, 2.05) is 12.4 Å². The molecule has 1 aromatic carbocycles. The number of benzene rings is 1. The molecule has 6 nitrogen and oxygen atoms in total. The van der Waals surface area contributed by atoms with Crippen molar-refractivity contribution in [2.45, 2.75) is 37.8 Å². The van der Waals surface area contributed by atoms with Crippen molar-refractivity contribution in [1.82, 2.24) is 14.8 Å². The van der Waals surface area contributed by atoms with Crippen LogP contribution in [0.15, 0.2) is 36.7 Å². The monoisotopic (exact) mass is 377 g/mol. The molecule has 2 aromatic rings. The zero-order valence-corrected chi connectivity index (χ0v) is 16.4. The molecule has 3 heterocycles. The largest absolute Gasteiger partial charge is 0.371 e. The van der Waals surface area contributed by atoms with Crippen LogP contribution in [0.1, 0.15) is 25.7 Å². The molecule has 2 saturated heterocycles. The van der Waals surface area contributed by atoms with Crippen LogP contribution < -0.4 is 4.90 Å². The molecule has 4 rings (SSSR count). The number of pyridine rings is 1. The highest BCUT2D eigenvalue weighted by Gasteiger charge is 2.31. The minimum Gasteiger partial charge on any atom is -0.371 e. The number of carbonyl (C=O) groups excluding carboxylic acids is 1. The van der Waals surface area contributed by atoms with Crippen molar-refractivity contribution in [2.75, 3.05) is 38.1 Å². The lowest BCUT2D eigenvalue weighted by molar-refractivity contribution is -0.132. The third-order valence-corrected chi connectivity index (χ3v) is 6.22. The topological polar surface area (TPSA) is 63.5 Å². The van der Waals surface area contributed by atoms with Gasteiger partial charge in [0.25, 0.3) is 0 Å². The fraction of sp³-hybridized carbons (Fsp3) is 0.500. The average Bonchev–Trinajstić information content (AvgIpc) is 3.22. The van der Waals surface area contributed by atoms with Gasteiger partial charge in [-0.15, -0.1) is 0 Å². The van der Waals surface area contributed by atoms with Crippen LogP contribution >= 0.6 is 0 Å². The van der Waals surface area contributed by atoms with Crippen molar-refractivity contribution >= 4 is 22.4 Å². The molecule has 2 aliphatic rings. The standard InChI is InChI=1S/C22H27N5O/c1-25(21-6-2-4-17-15-24-10-7-20(17)21)18-8-12-26(13-9-18)16-22(28)27-11-3-5-19(27)14-23/h2,4,6-7,10,15,18-19H,3,5,8-9,11-13,16H2,1H3. The van der Waals surface area contributed by atoms with Gasteiger partial charge in [-0.2, -0.15) is 5.26 Å². The van der Waals surface area contributed by atoms with Gasteiger partial charge in [0.15, 0.2) is 0 Å². The number of fused-ring (bicyclic) bond motifs is 1. The van der Waals surface area contributed by atoms with Gasteiger partial charge in [0, 0.05) is 61.6 Å². The summed E-state index contributed by atoms with van der Waals surface area (Å²) in [6, 6.07) is 10.9. The van der Waals surface area contributed by atoms with Crippen LogP contribution in [0.2, 0.25) is 0 Å². The van der Waals surface area contributed by atoms with Crippen LogP contribution in [0.25, 0.3) is 10.8 Å². The SMILES string of the molecule is CN(c1cccc2cnccc12)C1CCN(CC(=O)N2CCCC2C#N)CC1. The van der Waals surface area contributed by atoms with Gasteiger partial charge < -0.3 is 9.80 Å². The number of piperidine rings is 1. The van der Waals surface area contributed by atoms with E-state index in [2.05, 4.69) is 52.2 Å². The minimum atomic E-state index is -0.225. The normalized spacial score (nSPS) is 21.0. The van der Waals surface area contributed by atoms with Crippen LogP contribution in [0.3, 0.4) is 0 Å². The highest BCUT2D eigenvalue weighted by molar-refractivity contribution is 5.93. The van der Waals surface area contributed by atoms with E-state index >= 15 is 0 Å². The van der Waals surface area contributed by atoms with Gasteiger partial charge in [0.1, 0.15) is 6.04 Å². The van der Waals surface area contributed by atoms with Crippen molar-refractivity contribution < 1.29 is 4.79 Å². The number of rotatable bonds is 4. The molecule has 0 aliphatic carbocycles. The van der Waals surface area contributed by atoms with E-state index in [0.717, 1.165) is 50.7 Å². The summed E-state index contributed by atoms with van der Waals surface area (Å²) in [5.74, 6) is 0.109. The number of hydrogen-bond acceptors (Lipinski definition) is 5. The second-order valence-electron chi connectivity index (χ2n) is 7.87. The first-order chi connectivity index (χ1) is 13.7. The minimum absolute atomic E-state index is 0.109. The molecule has 28 heavy (non-hydrogen) atoms. The Hall–Kier alpha value is -2.65. The van der Waals surface area contributed by atoms with Gasteiger partial charge in [0.05, 0.1) is 12.6 Å². The molecule has 0 spiro atoms. The summed E-state index contributed by atoms with van der Waals surface area (Å²) in [4.78, 5) is 23.2. The summed E-state index contributed by atoms with van der Waals surface area (Å²) in [6.45, 7) is 3.00. The Morgan fingerprint density at radius 1 is 1.25 bits per heavy atom. The zero-order valence-electron chi connectivity index (χ0n) is 16.4. The second kappa shape index (κ2) is 8.15. The second-order valence-corrected chi connectivity index (χ2v) is 7.87. The lowest BCUT2D eigenvalue weighted by Crippen LogP contribution is -2.48. The predicted octanol–water partition coefficient (Wildman–Crippen LogP) is 2.65. The van der Waals surface area contributed by atoms with Gasteiger partial charge in [-0.25, -0.2) is 0 Å². The molecule has 1 unspecified atom stereocenters. The van der Waals surface area contributed by atoms with E-state index in [1.54, 1.807) is 4.90 Å². The number of carbonyl (C=O) groups is 1. The molecule has 146 valence electrons. The van der Waals surface area contributed by atoms with Gasteiger partial charge in [0.2, 0.25) is 5.91 Å². The number of anilines is 1. The average molecular weight is 377 g/mol. The number of likely N-dealkylation sites (tertiary alicyclic amines) is 2. The van der Waals surface area contributed by atoms with Crippen molar-refractivity contribution in [3.05, 3.63) is 36.7 Å². The number of nitriles is 1. The highest BCUT2D eigenvalue weighted by atomic mass is 16.2. The molecular weight excluding hydrogens is 350 g/mol. The van der Waals surface area contributed by atoms with Crippen molar-refractivity contribution in [3.63, 3.8) is 0 Å². The van der Waals surface area contributed by atoms with E-state index < -0.39 is 0 Å². The molecular formula is C22H27N5O. The molecule has 0 saturated carbocycles. The Bertz CT molecular complexity index is 879. The van der Waals surface area contributed by atoms with Gasteiger partial charge in [-0.1, -0.05) is 12.1 Å². The molecule has 1 amide bonds. The van der Waals surface area contributed by atoms with E-state index in [9.17, 15) is 10.1 Å². The van der Waals surface area contributed by atoms with Crippen LogP contribution in [-0.4, -0.2) is 66.0 Å². The van der Waals surface area contributed by atoms with E-state index in [4.69, 9.17) is 0 Å². The molecule has 0 radical (unpaired) electrons. The summed E-state index contributed by atoms with van der Waals surface area (Å²) in [5, 5.41) is 11.6. The molecule has 2 aliphatic heterocycles. The first kappa shape index (κ1) is 18.7. The maximum atomic E-state index is 12.6. The smallest absolute Gasteiger partial charge is 0.237 e. The first-order valence-corrected chi connectivity index (χ1v) is 10.1. The lowest BCUT2D eigenvalue weighted by Gasteiger charge is -2.38. The molecule has 0 N–H and O–H groups in total. The van der Waals surface area contributed by atoms with Gasteiger partial charge in [-0.3, -0.25) is 14.7 Å². The third kappa shape index (κ3) is 3.67. The molecule has 1 atom stereocenters. The van der Waals surface area contributed by atoms with E-state index in [-0.39, 0.29) is 11.9 Å². The van der Waals surface area contributed by atoms with E-state index in [1.165, 1.54) is 11.1 Å². The summed E-state index contributed by atoms with van der Waals surface area (Å²) in [7, 11) is 2.17. The highest BCUT2D eigenvalue weighted by Crippen LogP contribution is 2.29. The van der Waals surface area contributed by atoms with Gasteiger partial charge in [-0.05, 0) is 37.8 Å². The fourth-order valence-corrected chi connectivity index (χ4v) is 4.56. The van der Waals surface area contributed by atoms with Crippen molar-refractivity contribution in [3.8, 4) is 6.07 Å². The van der Waals surface area contributed by atoms with Crippen LogP contribution in [0.4, 0.5) is 5.69 Å². The first-order valence-electron chi connectivity index (χ1n) is 10.1. The Morgan fingerprint density at radius 2 is 2.07 bits per heavy atom. The number of aromatic nitrogens is 1. The maximum absolute atomic E-state index is 12.6. The Morgan fingerprint density at radius 3 is 2.86 bits per heavy atom. The molecule has 0 bridgehead atoms. The summed E-state index contributed by atoms with van der Waals surface area (Å²) in [5.41, 5.74) is 1.24. The fourth-order valence-electron chi connectivity index (χ4n) is 4.56. The van der Waals surface area contributed by atoms with Crippen LogP contribution in [0.5, 0.6) is 0 Å². The Kier molecular flexibility index (Phi) is 5.45. The maximum Gasteiger partial charge on any atom is 0.237 e. The summed E-state index contributed by atoms with van der Waals surface area (Å²) >= 11 is 0.